The quantitative estimate of drug-likeness (QED) is 0.170. The summed E-state index contributed by atoms with van der Waals surface area (Å²) in [7, 11) is 0. The highest BCUT2D eigenvalue weighted by molar-refractivity contribution is 7.19. The number of ether oxygens (including phenoxy) is 2. The fraction of sp³-hybridized carbons (Fsp3) is 0.273. The van der Waals surface area contributed by atoms with Crippen LogP contribution in [0.3, 0.4) is 0 Å². The minimum Gasteiger partial charge on any atom is -0.474 e. The molecular weight excluding hydrogens is 685 g/mol. The molecule has 4 atom stereocenters. The number of hydrogen-bond acceptors (Lipinski definition) is 7. The van der Waals surface area contributed by atoms with Crippen molar-refractivity contribution in [2.75, 3.05) is 0 Å². The summed E-state index contributed by atoms with van der Waals surface area (Å²) < 4.78 is 25.1. The number of thiophene rings is 2. The Bertz CT molecular complexity index is 2300. The van der Waals surface area contributed by atoms with Gasteiger partial charge in [-0.2, -0.15) is 8.75 Å². The van der Waals surface area contributed by atoms with E-state index in [1.165, 1.54) is 66.0 Å². The normalized spacial score (nSPS) is 23.5. The third-order valence-electron chi connectivity index (χ3n) is 11.1. The van der Waals surface area contributed by atoms with Gasteiger partial charge in [0, 0.05) is 25.1 Å². The Hall–Kier alpha value is -4.30. The minimum absolute atomic E-state index is 0.278. The molecule has 4 nitrogen and oxygen atoms in total. The van der Waals surface area contributed by atoms with Crippen LogP contribution in [0.5, 0.6) is 11.5 Å². The topological polar surface area (TPSA) is 44.2 Å². The first kappa shape index (κ1) is 32.6. The summed E-state index contributed by atoms with van der Waals surface area (Å²) in [6.07, 6.45) is 9.13. The summed E-state index contributed by atoms with van der Waals surface area (Å²) in [4.78, 5) is 4.62. The summed E-state index contributed by atoms with van der Waals surface area (Å²) in [5.74, 6) is 2.01. The monoisotopic (exact) mass is 724 g/mol. The van der Waals surface area contributed by atoms with Gasteiger partial charge in [0.05, 0.1) is 22.9 Å². The average molecular weight is 725 g/mol. The van der Waals surface area contributed by atoms with Crippen LogP contribution in [0, 0.1) is 39.5 Å². The molecule has 0 radical (unpaired) electrons. The minimum atomic E-state index is -0.727. The highest BCUT2D eigenvalue weighted by Gasteiger charge is 2.52. The zero-order chi connectivity index (χ0) is 35.4. The van der Waals surface area contributed by atoms with Crippen molar-refractivity contribution >= 4 is 45.4 Å². The molecule has 1 aliphatic heterocycles. The second-order valence-corrected chi connectivity index (χ2v) is 17.5. The lowest BCUT2D eigenvalue weighted by Crippen LogP contribution is -2.49. The summed E-state index contributed by atoms with van der Waals surface area (Å²) in [6.45, 7) is 17.7. The van der Waals surface area contributed by atoms with Crippen molar-refractivity contribution in [2.24, 2.45) is 11.8 Å². The Morgan fingerprint density at radius 2 is 0.922 bits per heavy atom. The van der Waals surface area contributed by atoms with Crippen LogP contribution in [0.4, 0.5) is 0 Å². The van der Waals surface area contributed by atoms with Gasteiger partial charge in [0.2, 0.25) is 0 Å². The van der Waals surface area contributed by atoms with Crippen molar-refractivity contribution in [3.63, 3.8) is 0 Å². The van der Waals surface area contributed by atoms with Crippen molar-refractivity contribution < 1.29 is 9.47 Å². The highest BCUT2D eigenvalue weighted by Crippen LogP contribution is 2.60. The molecule has 0 spiro atoms. The Balaban J connectivity index is 1.34. The van der Waals surface area contributed by atoms with Gasteiger partial charge < -0.3 is 9.47 Å². The van der Waals surface area contributed by atoms with Crippen molar-refractivity contribution in [1.29, 1.82) is 0 Å². The summed E-state index contributed by atoms with van der Waals surface area (Å²) in [6, 6.07) is 21.9. The first-order valence-corrected chi connectivity index (χ1v) is 20.0. The molecule has 0 saturated heterocycles. The van der Waals surface area contributed by atoms with E-state index in [0.717, 1.165) is 43.4 Å². The Labute approximate surface area is 312 Å². The maximum atomic E-state index is 7.51. The van der Waals surface area contributed by atoms with Crippen molar-refractivity contribution in [2.45, 2.75) is 66.6 Å². The molecule has 2 aliphatic carbocycles. The van der Waals surface area contributed by atoms with E-state index in [9.17, 15) is 0 Å². The molecule has 6 aromatic rings. The molecular formula is C44H40N2O2S3. The summed E-state index contributed by atoms with van der Waals surface area (Å²) >= 11 is 4.81. The summed E-state index contributed by atoms with van der Waals surface area (Å²) in [5.41, 5.74) is 12.3. The zero-order valence-electron chi connectivity index (χ0n) is 30.2. The van der Waals surface area contributed by atoms with Crippen LogP contribution in [0.25, 0.3) is 52.8 Å². The van der Waals surface area contributed by atoms with Crippen molar-refractivity contribution in [3.8, 4) is 53.3 Å². The predicted octanol–water partition coefficient (Wildman–Crippen LogP) is 12.7. The third kappa shape index (κ3) is 4.88. The zero-order valence-corrected chi connectivity index (χ0v) is 32.6. The molecule has 4 unspecified atom stereocenters. The van der Waals surface area contributed by atoms with Crippen LogP contribution >= 0.6 is 34.4 Å². The fourth-order valence-electron chi connectivity index (χ4n) is 8.79. The molecule has 3 aromatic carbocycles. The van der Waals surface area contributed by atoms with Crippen molar-refractivity contribution in [1.82, 2.24) is 8.75 Å². The van der Waals surface area contributed by atoms with Gasteiger partial charge in [-0.15, -0.1) is 22.7 Å². The van der Waals surface area contributed by atoms with Gasteiger partial charge >= 0.3 is 0 Å². The molecule has 0 saturated carbocycles. The number of rotatable bonds is 4. The van der Waals surface area contributed by atoms with E-state index in [1.54, 1.807) is 22.7 Å². The molecule has 4 heterocycles. The molecule has 7 heteroatoms. The smallest absolute Gasteiger partial charge is 0.174 e. The molecule has 0 amide bonds. The van der Waals surface area contributed by atoms with Crippen molar-refractivity contribution in [3.05, 3.63) is 118 Å². The number of fused-ring (bicyclic) bond motifs is 2. The molecule has 0 bridgehead atoms. The van der Waals surface area contributed by atoms with E-state index >= 15 is 0 Å². The molecule has 51 heavy (non-hydrogen) atoms. The van der Waals surface area contributed by atoms with Gasteiger partial charge in [-0.1, -0.05) is 62.4 Å². The van der Waals surface area contributed by atoms with Gasteiger partial charge in [0.15, 0.2) is 22.7 Å². The Kier molecular flexibility index (Phi) is 7.42. The van der Waals surface area contributed by atoms with E-state index in [0.29, 0.717) is 0 Å². The number of benzene rings is 3. The number of allylic oxidation sites excluding steroid dienone is 3. The molecule has 3 aliphatic rings. The number of hydrogen-bond donors (Lipinski definition) is 0. The third-order valence-corrected chi connectivity index (χ3v) is 13.8. The van der Waals surface area contributed by atoms with E-state index in [-0.39, 0.29) is 11.8 Å². The lowest BCUT2D eigenvalue weighted by Gasteiger charge is -2.45. The molecule has 9 rings (SSSR count). The first-order valence-electron chi connectivity index (χ1n) is 17.6. The van der Waals surface area contributed by atoms with Gasteiger partial charge in [-0.05, 0) is 129 Å². The lowest BCUT2D eigenvalue weighted by atomic mass is 9.67. The predicted molar refractivity (Wildman–Crippen MR) is 216 cm³/mol. The summed E-state index contributed by atoms with van der Waals surface area (Å²) in [5, 5.41) is 0. The van der Waals surface area contributed by atoms with Crippen LogP contribution < -0.4 is 9.47 Å². The van der Waals surface area contributed by atoms with E-state index in [1.807, 2.05) is 0 Å². The standard InChI is InChI=1S/C44H40N2O2S3/c1-23-11-9-12-24(2)33(23)29-15-17-31(49-29)36-38-39(46-51-45-38)37(32-18-16-30(50-32)34-25(3)13-10-14-26(34)4)41-40(36)47-43(7)21-19-27(5)35-28(6)20-22-44(8,48-41)42(35)43/h9-22,27-28H,1-8H3. The van der Waals surface area contributed by atoms with Gasteiger partial charge in [0.1, 0.15) is 11.0 Å². The number of nitrogens with zero attached hydrogens (tertiary/aromatic N) is 2. The van der Waals surface area contributed by atoms with Gasteiger partial charge in [0.25, 0.3) is 0 Å². The maximum Gasteiger partial charge on any atom is 0.174 e. The largest absolute Gasteiger partial charge is 0.474 e. The van der Waals surface area contributed by atoms with Crippen LogP contribution in [-0.2, 0) is 0 Å². The second kappa shape index (κ2) is 11.6. The molecule has 3 aromatic heterocycles. The Morgan fingerprint density at radius 3 is 1.31 bits per heavy atom. The molecule has 256 valence electrons. The maximum absolute atomic E-state index is 7.51. The van der Waals surface area contributed by atoms with Crippen LogP contribution in [-0.4, -0.2) is 19.9 Å². The van der Waals surface area contributed by atoms with Crippen LogP contribution in [0.1, 0.15) is 49.9 Å². The van der Waals surface area contributed by atoms with Gasteiger partial charge in [-0.25, -0.2) is 0 Å². The Morgan fingerprint density at radius 1 is 0.549 bits per heavy atom. The first-order chi connectivity index (χ1) is 24.5. The molecule has 0 N–H and O–H groups in total. The van der Waals surface area contributed by atoms with Crippen LogP contribution in [0.2, 0.25) is 0 Å². The lowest BCUT2D eigenvalue weighted by molar-refractivity contribution is 0.130. The number of aromatic nitrogens is 2. The van der Waals surface area contributed by atoms with E-state index in [2.05, 4.69) is 140 Å². The van der Waals surface area contributed by atoms with E-state index < -0.39 is 11.2 Å². The van der Waals surface area contributed by atoms with Gasteiger partial charge in [-0.3, -0.25) is 0 Å². The second-order valence-electron chi connectivity index (χ2n) is 14.8. The highest BCUT2D eigenvalue weighted by atomic mass is 32.1. The fourth-order valence-corrected chi connectivity index (χ4v) is 11.8. The number of aryl methyl sites for hydroxylation is 4. The van der Waals surface area contributed by atoms with Crippen LogP contribution in [0.15, 0.2) is 96.1 Å². The average Bonchev–Trinajstić information content (AvgIpc) is 3.86. The molecule has 0 fully saturated rings. The SMILES string of the molecule is Cc1cccc(C)c1-c1ccc(-c2c3c(c(-c4ccc(-c5c(C)cccc5C)s4)c4nsnc24)OC2(C)C=CC(C)C4=C2C(C)(C=CC4C)O3)s1. The van der Waals surface area contributed by atoms with E-state index in [4.69, 9.17) is 18.2 Å².